The van der Waals surface area contributed by atoms with E-state index in [4.69, 9.17) is 0 Å². The zero-order valence-electron chi connectivity index (χ0n) is 14.5. The predicted molar refractivity (Wildman–Crippen MR) is 93.5 cm³/mol. The predicted octanol–water partition coefficient (Wildman–Crippen LogP) is 2.61. The Morgan fingerprint density at radius 2 is 2.08 bits per heavy atom. The molecule has 6 nitrogen and oxygen atoms in total. The molecule has 25 heavy (non-hydrogen) atoms. The number of hydrogen-bond acceptors (Lipinski definition) is 3. The third kappa shape index (κ3) is 3.43. The minimum Gasteiger partial charge on any atom is -0.481 e. The SMILES string of the molecule is CCCc1cc(C(=O)N2C[C@H](C(=O)O)[C@@H](c3ccccc3C)C2)n[nH]1. The molecule has 0 bridgehead atoms. The van der Waals surface area contributed by atoms with Crippen LogP contribution >= 0.6 is 0 Å². The zero-order chi connectivity index (χ0) is 18.0. The fourth-order valence-electron chi connectivity index (χ4n) is 3.57. The number of benzene rings is 1. The average Bonchev–Trinajstić information content (AvgIpc) is 3.22. The summed E-state index contributed by atoms with van der Waals surface area (Å²) in [4.78, 5) is 26.1. The number of nitrogens with one attached hydrogen (secondary N) is 1. The van der Waals surface area contributed by atoms with Gasteiger partial charge in [0.05, 0.1) is 5.92 Å². The van der Waals surface area contributed by atoms with E-state index in [1.165, 1.54) is 0 Å². The second-order valence-corrected chi connectivity index (χ2v) is 6.65. The first kappa shape index (κ1) is 17.2. The molecule has 2 atom stereocenters. The van der Waals surface area contributed by atoms with Gasteiger partial charge in [-0.05, 0) is 30.5 Å². The zero-order valence-corrected chi connectivity index (χ0v) is 14.5. The second-order valence-electron chi connectivity index (χ2n) is 6.65. The lowest BCUT2D eigenvalue weighted by Gasteiger charge is -2.17. The summed E-state index contributed by atoms with van der Waals surface area (Å²) in [7, 11) is 0. The molecule has 0 saturated carbocycles. The van der Waals surface area contributed by atoms with Gasteiger partial charge in [-0.25, -0.2) is 0 Å². The van der Waals surface area contributed by atoms with Crippen molar-refractivity contribution in [1.82, 2.24) is 15.1 Å². The Hall–Kier alpha value is -2.63. The molecule has 6 heteroatoms. The molecule has 1 aromatic carbocycles. The van der Waals surface area contributed by atoms with Gasteiger partial charge in [0.15, 0.2) is 0 Å². The number of rotatable bonds is 5. The molecule has 2 N–H and O–H groups in total. The molecule has 1 aliphatic heterocycles. The van der Waals surface area contributed by atoms with E-state index in [0.717, 1.165) is 29.7 Å². The van der Waals surface area contributed by atoms with Gasteiger partial charge in [0, 0.05) is 24.7 Å². The Bertz CT molecular complexity index is 784. The van der Waals surface area contributed by atoms with Crippen LogP contribution in [0, 0.1) is 12.8 Å². The molecule has 3 rings (SSSR count). The monoisotopic (exact) mass is 341 g/mol. The molecular formula is C19H23N3O3. The minimum absolute atomic E-state index is 0.197. The Morgan fingerprint density at radius 3 is 2.76 bits per heavy atom. The van der Waals surface area contributed by atoms with Crippen molar-refractivity contribution in [2.75, 3.05) is 13.1 Å². The van der Waals surface area contributed by atoms with Gasteiger partial charge >= 0.3 is 5.97 Å². The standard InChI is InChI=1S/C19H23N3O3/c1-3-6-13-9-17(21-20-13)18(23)22-10-15(16(11-22)19(24)25)14-8-5-4-7-12(14)2/h4-5,7-9,15-16H,3,6,10-11H2,1-2H3,(H,20,21)(H,24,25)/t15-,16+/m1/s1. The summed E-state index contributed by atoms with van der Waals surface area (Å²) in [6, 6.07) is 9.55. The number of aliphatic carboxylic acids is 1. The molecule has 2 heterocycles. The fourth-order valence-corrected chi connectivity index (χ4v) is 3.57. The van der Waals surface area contributed by atoms with Gasteiger partial charge in [-0.15, -0.1) is 0 Å². The number of aromatic amines is 1. The normalized spacial score (nSPS) is 20.0. The molecule has 132 valence electrons. The Labute approximate surface area is 146 Å². The van der Waals surface area contributed by atoms with Crippen molar-refractivity contribution in [3.63, 3.8) is 0 Å². The minimum atomic E-state index is -0.864. The van der Waals surface area contributed by atoms with E-state index < -0.39 is 11.9 Å². The number of carbonyl (C=O) groups is 2. The van der Waals surface area contributed by atoms with Crippen molar-refractivity contribution in [3.05, 3.63) is 52.8 Å². The molecule has 1 aliphatic rings. The van der Waals surface area contributed by atoms with Gasteiger partial charge in [-0.3, -0.25) is 14.7 Å². The lowest BCUT2D eigenvalue weighted by Crippen LogP contribution is -2.30. The molecule has 1 amide bonds. The van der Waals surface area contributed by atoms with Crippen LogP contribution in [-0.4, -0.2) is 45.2 Å². The number of H-pyrrole nitrogens is 1. The largest absolute Gasteiger partial charge is 0.481 e. The highest BCUT2D eigenvalue weighted by Crippen LogP contribution is 2.35. The number of carboxylic acid groups (broad SMARTS) is 1. The molecule has 0 unspecified atom stereocenters. The van der Waals surface area contributed by atoms with Crippen molar-refractivity contribution < 1.29 is 14.7 Å². The van der Waals surface area contributed by atoms with Gasteiger partial charge in [0.25, 0.3) is 5.91 Å². The van der Waals surface area contributed by atoms with Gasteiger partial charge in [-0.1, -0.05) is 37.6 Å². The highest BCUT2D eigenvalue weighted by atomic mass is 16.4. The number of aryl methyl sites for hydroxylation is 2. The van der Waals surface area contributed by atoms with E-state index in [0.29, 0.717) is 12.2 Å². The number of aromatic nitrogens is 2. The maximum atomic E-state index is 12.7. The quantitative estimate of drug-likeness (QED) is 0.875. The Balaban J connectivity index is 1.83. The Kier molecular flexibility index (Phi) is 4.88. The van der Waals surface area contributed by atoms with Crippen molar-refractivity contribution in [3.8, 4) is 0 Å². The highest BCUT2D eigenvalue weighted by Gasteiger charge is 2.41. The summed E-state index contributed by atoms with van der Waals surface area (Å²) < 4.78 is 0. The second kappa shape index (κ2) is 7.09. The number of carboxylic acids is 1. The summed E-state index contributed by atoms with van der Waals surface area (Å²) >= 11 is 0. The van der Waals surface area contributed by atoms with E-state index in [2.05, 4.69) is 17.1 Å². The van der Waals surface area contributed by atoms with Crippen LogP contribution in [0.15, 0.2) is 30.3 Å². The highest BCUT2D eigenvalue weighted by molar-refractivity contribution is 5.93. The van der Waals surface area contributed by atoms with Crippen molar-refractivity contribution in [1.29, 1.82) is 0 Å². The summed E-state index contributed by atoms with van der Waals surface area (Å²) in [5, 5.41) is 16.6. The topological polar surface area (TPSA) is 86.3 Å². The summed E-state index contributed by atoms with van der Waals surface area (Å²) in [5.41, 5.74) is 3.34. The van der Waals surface area contributed by atoms with Crippen LogP contribution in [0.5, 0.6) is 0 Å². The van der Waals surface area contributed by atoms with Crippen LogP contribution < -0.4 is 0 Å². The summed E-state index contributed by atoms with van der Waals surface area (Å²) in [6.45, 7) is 4.65. The maximum absolute atomic E-state index is 12.7. The maximum Gasteiger partial charge on any atom is 0.308 e. The smallest absolute Gasteiger partial charge is 0.308 e. The summed E-state index contributed by atoms with van der Waals surface area (Å²) in [6.07, 6.45) is 1.81. The first-order valence-corrected chi connectivity index (χ1v) is 8.63. The molecular weight excluding hydrogens is 318 g/mol. The van der Waals surface area contributed by atoms with Crippen molar-refractivity contribution >= 4 is 11.9 Å². The molecule has 2 aromatic rings. The van der Waals surface area contributed by atoms with Gasteiger partial charge in [0.1, 0.15) is 5.69 Å². The van der Waals surface area contributed by atoms with Gasteiger partial charge in [-0.2, -0.15) is 5.10 Å². The molecule has 1 fully saturated rings. The Morgan fingerprint density at radius 1 is 1.32 bits per heavy atom. The van der Waals surface area contributed by atoms with Crippen molar-refractivity contribution in [2.45, 2.75) is 32.6 Å². The van der Waals surface area contributed by atoms with Crippen LogP contribution in [0.2, 0.25) is 0 Å². The van der Waals surface area contributed by atoms with E-state index in [9.17, 15) is 14.7 Å². The first-order valence-electron chi connectivity index (χ1n) is 8.63. The average molecular weight is 341 g/mol. The van der Waals surface area contributed by atoms with Crippen LogP contribution in [0.25, 0.3) is 0 Å². The van der Waals surface area contributed by atoms with E-state index in [-0.39, 0.29) is 18.4 Å². The number of nitrogens with zero attached hydrogens (tertiary/aromatic N) is 2. The summed E-state index contributed by atoms with van der Waals surface area (Å²) in [5.74, 6) is -1.87. The lowest BCUT2D eigenvalue weighted by atomic mass is 9.86. The van der Waals surface area contributed by atoms with Crippen LogP contribution in [0.3, 0.4) is 0 Å². The molecule has 0 radical (unpaired) electrons. The number of likely N-dealkylation sites (tertiary alicyclic amines) is 1. The molecule has 0 aliphatic carbocycles. The van der Waals surface area contributed by atoms with Gasteiger partial charge < -0.3 is 10.0 Å². The third-order valence-corrected chi connectivity index (χ3v) is 4.88. The van der Waals surface area contributed by atoms with Crippen LogP contribution in [0.4, 0.5) is 0 Å². The van der Waals surface area contributed by atoms with E-state index in [1.807, 2.05) is 31.2 Å². The van der Waals surface area contributed by atoms with Crippen molar-refractivity contribution in [2.24, 2.45) is 5.92 Å². The third-order valence-electron chi connectivity index (χ3n) is 4.88. The molecule has 0 spiro atoms. The lowest BCUT2D eigenvalue weighted by molar-refractivity contribution is -0.141. The number of carbonyl (C=O) groups excluding carboxylic acids is 1. The number of hydrogen-bond donors (Lipinski definition) is 2. The van der Waals surface area contributed by atoms with Crippen LogP contribution in [0.1, 0.15) is 46.6 Å². The van der Waals surface area contributed by atoms with E-state index in [1.54, 1.807) is 11.0 Å². The molecule has 1 saturated heterocycles. The van der Waals surface area contributed by atoms with Crippen LogP contribution in [-0.2, 0) is 11.2 Å². The fraction of sp³-hybridized carbons (Fsp3) is 0.421. The molecule has 1 aromatic heterocycles. The first-order chi connectivity index (χ1) is 12.0. The van der Waals surface area contributed by atoms with Gasteiger partial charge in [0.2, 0.25) is 0 Å². The number of amides is 1. The van der Waals surface area contributed by atoms with E-state index >= 15 is 0 Å².